The molecule has 1 aliphatic rings. The summed E-state index contributed by atoms with van der Waals surface area (Å²) in [6.07, 6.45) is 5.41. The number of nitrogens with zero attached hydrogens (tertiary/aromatic N) is 2. The molecule has 1 aromatic carbocycles. The van der Waals surface area contributed by atoms with Crippen LogP contribution in [0.2, 0.25) is 0 Å². The third-order valence-corrected chi connectivity index (χ3v) is 4.24. The second-order valence-electron chi connectivity index (χ2n) is 6.29. The van der Waals surface area contributed by atoms with Crippen LogP contribution in [0.3, 0.4) is 0 Å². The van der Waals surface area contributed by atoms with Crippen molar-refractivity contribution in [1.29, 1.82) is 0 Å². The molecule has 0 unspecified atom stereocenters. The molecular weight excluding hydrogens is 322 g/mol. The molecule has 8 heteroatoms. The molecule has 1 heterocycles. The number of rotatable bonds is 8. The van der Waals surface area contributed by atoms with Gasteiger partial charge in [0.1, 0.15) is 5.69 Å². The third-order valence-electron chi connectivity index (χ3n) is 4.24. The highest BCUT2D eigenvalue weighted by molar-refractivity contribution is 5.96. The molecule has 2 aromatic rings. The Hall–Kier alpha value is -2.90. The minimum absolute atomic E-state index is 0.0806. The van der Waals surface area contributed by atoms with Gasteiger partial charge >= 0.3 is 0 Å². The molecule has 132 valence electrons. The van der Waals surface area contributed by atoms with Gasteiger partial charge in [-0.2, -0.15) is 5.10 Å². The molecule has 8 nitrogen and oxygen atoms in total. The standard InChI is InChI=1S/C17H21N5O3/c1-11-13(10-19-21-11)3-2-8-18-15-7-4-12(9-16(15)22(24)25)17(23)20-14-5-6-14/h4,7,9-10,14,18H,2-3,5-6,8H2,1H3,(H,19,21)(H,20,23). The molecule has 0 atom stereocenters. The molecule has 1 amide bonds. The quantitative estimate of drug-likeness (QED) is 0.387. The maximum absolute atomic E-state index is 12.0. The Morgan fingerprint density at radius 1 is 1.44 bits per heavy atom. The van der Waals surface area contributed by atoms with Crippen LogP contribution in [0, 0.1) is 17.0 Å². The fourth-order valence-electron chi connectivity index (χ4n) is 2.60. The third kappa shape index (κ3) is 4.34. The number of nitro benzene ring substituents is 1. The van der Waals surface area contributed by atoms with Crippen LogP contribution in [0.15, 0.2) is 24.4 Å². The van der Waals surface area contributed by atoms with Gasteiger partial charge in [0.05, 0.1) is 11.1 Å². The van der Waals surface area contributed by atoms with Crippen LogP contribution in [-0.4, -0.2) is 33.6 Å². The van der Waals surface area contributed by atoms with Crippen molar-refractivity contribution in [2.24, 2.45) is 0 Å². The number of aryl methyl sites for hydroxylation is 2. The van der Waals surface area contributed by atoms with E-state index < -0.39 is 4.92 Å². The van der Waals surface area contributed by atoms with Crippen LogP contribution in [0.1, 0.15) is 40.9 Å². The Kier molecular flexibility index (Phi) is 4.97. The predicted octanol–water partition coefficient (Wildman–Crippen LogP) is 2.56. The van der Waals surface area contributed by atoms with Gasteiger partial charge in [-0.1, -0.05) is 0 Å². The summed E-state index contributed by atoms with van der Waals surface area (Å²) in [5.41, 5.74) is 2.85. The number of nitrogens with one attached hydrogen (secondary N) is 3. The van der Waals surface area contributed by atoms with Crippen LogP contribution < -0.4 is 10.6 Å². The van der Waals surface area contributed by atoms with E-state index in [9.17, 15) is 14.9 Å². The van der Waals surface area contributed by atoms with Crippen molar-refractivity contribution in [2.75, 3.05) is 11.9 Å². The number of benzene rings is 1. The highest BCUT2D eigenvalue weighted by Crippen LogP contribution is 2.26. The van der Waals surface area contributed by atoms with E-state index in [-0.39, 0.29) is 17.6 Å². The number of anilines is 1. The van der Waals surface area contributed by atoms with E-state index in [1.807, 2.05) is 6.92 Å². The normalized spacial score (nSPS) is 13.5. The number of H-pyrrole nitrogens is 1. The minimum atomic E-state index is -0.462. The zero-order chi connectivity index (χ0) is 17.8. The Morgan fingerprint density at radius 3 is 2.88 bits per heavy atom. The van der Waals surface area contributed by atoms with E-state index in [1.54, 1.807) is 18.3 Å². The number of carbonyl (C=O) groups is 1. The van der Waals surface area contributed by atoms with Crippen molar-refractivity contribution in [2.45, 2.75) is 38.6 Å². The van der Waals surface area contributed by atoms with Gasteiger partial charge in [0.2, 0.25) is 0 Å². The molecule has 0 aliphatic heterocycles. The van der Waals surface area contributed by atoms with E-state index in [4.69, 9.17) is 0 Å². The average molecular weight is 343 g/mol. The lowest BCUT2D eigenvalue weighted by Gasteiger charge is -2.09. The molecule has 1 aliphatic carbocycles. The highest BCUT2D eigenvalue weighted by Gasteiger charge is 2.25. The Morgan fingerprint density at radius 2 is 2.24 bits per heavy atom. The van der Waals surface area contributed by atoms with Crippen LogP contribution >= 0.6 is 0 Å². The topological polar surface area (TPSA) is 113 Å². The van der Waals surface area contributed by atoms with Gasteiger partial charge in [0, 0.05) is 29.9 Å². The molecule has 25 heavy (non-hydrogen) atoms. The summed E-state index contributed by atoms with van der Waals surface area (Å²) < 4.78 is 0. The van der Waals surface area contributed by atoms with Gasteiger partial charge in [0.25, 0.3) is 11.6 Å². The van der Waals surface area contributed by atoms with Crippen molar-refractivity contribution in [3.05, 3.63) is 51.3 Å². The van der Waals surface area contributed by atoms with E-state index in [0.717, 1.165) is 36.9 Å². The Bertz CT molecular complexity index is 782. The van der Waals surface area contributed by atoms with Crippen LogP contribution in [0.25, 0.3) is 0 Å². The Balaban J connectivity index is 1.60. The van der Waals surface area contributed by atoms with Gasteiger partial charge in [0.15, 0.2) is 0 Å². The molecule has 1 saturated carbocycles. The number of hydrogen-bond acceptors (Lipinski definition) is 5. The molecule has 0 saturated heterocycles. The molecular formula is C17H21N5O3. The second kappa shape index (κ2) is 7.33. The summed E-state index contributed by atoms with van der Waals surface area (Å²) in [4.78, 5) is 22.9. The molecule has 0 spiro atoms. The van der Waals surface area contributed by atoms with E-state index in [1.165, 1.54) is 6.07 Å². The number of hydrogen-bond donors (Lipinski definition) is 3. The summed E-state index contributed by atoms with van der Waals surface area (Å²) in [5.74, 6) is -0.257. The maximum Gasteiger partial charge on any atom is 0.293 e. The lowest BCUT2D eigenvalue weighted by molar-refractivity contribution is -0.384. The molecule has 1 fully saturated rings. The first kappa shape index (κ1) is 16.9. The summed E-state index contributed by atoms with van der Waals surface area (Å²) >= 11 is 0. The van der Waals surface area contributed by atoms with Crippen molar-refractivity contribution in [1.82, 2.24) is 15.5 Å². The Labute approximate surface area is 145 Å². The van der Waals surface area contributed by atoms with Crippen molar-refractivity contribution in [3.8, 4) is 0 Å². The first-order chi connectivity index (χ1) is 12.0. The molecule has 0 radical (unpaired) electrons. The molecule has 3 rings (SSSR count). The van der Waals surface area contributed by atoms with Crippen molar-refractivity contribution in [3.63, 3.8) is 0 Å². The van der Waals surface area contributed by atoms with Crippen LogP contribution in [0.5, 0.6) is 0 Å². The van der Waals surface area contributed by atoms with Crippen LogP contribution in [-0.2, 0) is 6.42 Å². The van der Waals surface area contributed by atoms with E-state index in [0.29, 0.717) is 17.8 Å². The van der Waals surface area contributed by atoms with Gasteiger partial charge in [-0.15, -0.1) is 0 Å². The summed E-state index contributed by atoms with van der Waals surface area (Å²) in [5, 5.41) is 24.1. The van der Waals surface area contributed by atoms with E-state index >= 15 is 0 Å². The summed E-state index contributed by atoms with van der Waals surface area (Å²) in [7, 11) is 0. The summed E-state index contributed by atoms with van der Waals surface area (Å²) in [6.45, 7) is 2.56. The number of aromatic amines is 1. The minimum Gasteiger partial charge on any atom is -0.379 e. The molecule has 1 aromatic heterocycles. The largest absolute Gasteiger partial charge is 0.379 e. The smallest absolute Gasteiger partial charge is 0.293 e. The average Bonchev–Trinajstić information content (AvgIpc) is 3.31. The van der Waals surface area contributed by atoms with Gasteiger partial charge < -0.3 is 10.6 Å². The molecule has 3 N–H and O–H groups in total. The zero-order valence-corrected chi connectivity index (χ0v) is 14.0. The zero-order valence-electron chi connectivity index (χ0n) is 14.0. The second-order valence-corrected chi connectivity index (χ2v) is 6.29. The first-order valence-corrected chi connectivity index (χ1v) is 8.36. The van der Waals surface area contributed by atoms with Gasteiger partial charge in [-0.3, -0.25) is 20.0 Å². The SMILES string of the molecule is Cc1[nH]ncc1CCCNc1ccc(C(=O)NC2CC2)cc1[N+](=O)[O-]. The summed E-state index contributed by atoms with van der Waals surface area (Å²) in [6, 6.07) is 4.77. The monoisotopic (exact) mass is 343 g/mol. The number of nitro groups is 1. The highest BCUT2D eigenvalue weighted by atomic mass is 16.6. The predicted molar refractivity (Wildman–Crippen MR) is 93.7 cm³/mol. The lowest BCUT2D eigenvalue weighted by atomic mass is 10.1. The van der Waals surface area contributed by atoms with Gasteiger partial charge in [-0.05, 0) is 50.3 Å². The number of amides is 1. The number of aromatic nitrogens is 2. The fourth-order valence-corrected chi connectivity index (χ4v) is 2.60. The van der Waals surface area contributed by atoms with Gasteiger partial charge in [-0.25, -0.2) is 0 Å². The van der Waals surface area contributed by atoms with Crippen molar-refractivity contribution >= 4 is 17.3 Å². The number of carbonyl (C=O) groups excluding carboxylic acids is 1. The maximum atomic E-state index is 12.0. The first-order valence-electron chi connectivity index (χ1n) is 8.36. The fraction of sp³-hybridized carbons (Fsp3) is 0.412. The molecule has 0 bridgehead atoms. The van der Waals surface area contributed by atoms with E-state index in [2.05, 4.69) is 20.8 Å². The van der Waals surface area contributed by atoms with Crippen LogP contribution in [0.4, 0.5) is 11.4 Å². The van der Waals surface area contributed by atoms with Crippen molar-refractivity contribution < 1.29 is 9.72 Å². The lowest BCUT2D eigenvalue weighted by Crippen LogP contribution is -2.25.